The highest BCUT2D eigenvalue weighted by Gasteiger charge is 2.14. The number of benzene rings is 2. The van der Waals surface area contributed by atoms with Crippen molar-refractivity contribution in [2.75, 3.05) is 19.0 Å². The molecule has 0 saturated carbocycles. The predicted octanol–water partition coefficient (Wildman–Crippen LogP) is 6.77. The van der Waals surface area contributed by atoms with Crippen molar-refractivity contribution >= 4 is 51.7 Å². The molecule has 3 rings (SSSR count). The average molecular weight is 516 g/mol. The van der Waals surface area contributed by atoms with Gasteiger partial charge in [0.25, 0.3) is 5.91 Å². The lowest BCUT2D eigenvalue weighted by Crippen LogP contribution is -2.13. The molecule has 2 aromatic carbocycles. The van der Waals surface area contributed by atoms with Crippen LogP contribution in [-0.4, -0.2) is 24.6 Å². The number of nitriles is 1. The highest BCUT2D eigenvalue weighted by atomic mass is 35.5. The zero-order valence-electron chi connectivity index (χ0n) is 18.7. The molecule has 3 aromatic rings. The van der Waals surface area contributed by atoms with Crippen molar-refractivity contribution in [3.8, 4) is 17.6 Å². The Kier molecular flexibility index (Phi) is 9.34. The number of rotatable bonds is 10. The molecule has 9 heteroatoms. The van der Waals surface area contributed by atoms with Gasteiger partial charge in [-0.2, -0.15) is 5.26 Å². The second-order valence-electron chi connectivity index (χ2n) is 7.32. The first-order valence-electron chi connectivity index (χ1n) is 10.6. The minimum Gasteiger partial charge on any atom is -0.493 e. The number of carbonyl (C=O) groups is 1. The number of nitrogens with one attached hydrogen (secondary N) is 1. The molecule has 6 nitrogen and oxygen atoms in total. The lowest BCUT2D eigenvalue weighted by atomic mass is 10.1. The van der Waals surface area contributed by atoms with Gasteiger partial charge in [-0.3, -0.25) is 10.1 Å². The molecule has 0 aliphatic carbocycles. The van der Waals surface area contributed by atoms with Crippen molar-refractivity contribution in [1.29, 1.82) is 5.26 Å². The number of hydrogen-bond donors (Lipinski definition) is 1. The summed E-state index contributed by atoms with van der Waals surface area (Å²) in [5.41, 5.74) is 1.52. The fourth-order valence-corrected chi connectivity index (χ4v) is 4.47. The van der Waals surface area contributed by atoms with E-state index in [2.05, 4.69) is 17.2 Å². The standard InChI is InChI=1S/C25H23Cl2N3O3S/c1-3-4-7-33-22-6-5-16(12-23(22)32-2)8-18(14-28)24(31)30-25-29-15-21(34-25)11-17-9-19(26)13-20(27)10-17/h5-6,8-10,12-13,15H,3-4,7,11H2,1-2H3,(H,29,30,31). The first-order valence-corrected chi connectivity index (χ1v) is 12.1. The summed E-state index contributed by atoms with van der Waals surface area (Å²) in [5.74, 6) is 0.608. The van der Waals surface area contributed by atoms with E-state index in [9.17, 15) is 10.1 Å². The number of halogens is 2. The maximum Gasteiger partial charge on any atom is 0.268 e. The molecular formula is C25H23Cl2N3O3S. The van der Waals surface area contributed by atoms with Crippen LogP contribution in [0.15, 0.2) is 48.2 Å². The predicted molar refractivity (Wildman–Crippen MR) is 137 cm³/mol. The summed E-state index contributed by atoms with van der Waals surface area (Å²) in [4.78, 5) is 17.8. The van der Waals surface area contributed by atoms with Gasteiger partial charge in [-0.15, -0.1) is 11.3 Å². The van der Waals surface area contributed by atoms with Gasteiger partial charge in [0, 0.05) is 27.5 Å². The lowest BCUT2D eigenvalue weighted by Gasteiger charge is -2.11. The van der Waals surface area contributed by atoms with E-state index in [1.54, 1.807) is 37.6 Å². The molecule has 0 aliphatic rings. The van der Waals surface area contributed by atoms with Crippen molar-refractivity contribution in [2.45, 2.75) is 26.2 Å². The SMILES string of the molecule is CCCCOc1ccc(C=C(C#N)C(=O)Nc2ncc(Cc3cc(Cl)cc(Cl)c3)s2)cc1OC. The van der Waals surface area contributed by atoms with Gasteiger partial charge >= 0.3 is 0 Å². The quantitative estimate of drug-likeness (QED) is 0.183. The third-order valence-electron chi connectivity index (χ3n) is 4.69. The third-order valence-corrected chi connectivity index (χ3v) is 6.04. The fourth-order valence-electron chi connectivity index (χ4n) is 3.06. The van der Waals surface area contributed by atoms with Gasteiger partial charge in [0.05, 0.1) is 13.7 Å². The van der Waals surface area contributed by atoms with Crippen LogP contribution >= 0.6 is 34.5 Å². The van der Waals surface area contributed by atoms with Crippen molar-refractivity contribution in [3.05, 3.63) is 74.2 Å². The number of unbranched alkanes of at least 4 members (excludes halogenated alkanes) is 1. The topological polar surface area (TPSA) is 84.2 Å². The molecule has 1 heterocycles. The van der Waals surface area contributed by atoms with Crippen molar-refractivity contribution in [2.24, 2.45) is 0 Å². The van der Waals surface area contributed by atoms with Crippen LogP contribution in [0.25, 0.3) is 6.08 Å². The number of ether oxygens (including phenoxy) is 2. The third kappa shape index (κ3) is 7.22. The first-order chi connectivity index (χ1) is 16.4. The monoisotopic (exact) mass is 515 g/mol. The summed E-state index contributed by atoms with van der Waals surface area (Å²) >= 11 is 13.4. The molecule has 1 N–H and O–H groups in total. The molecule has 0 unspecified atom stereocenters. The molecule has 34 heavy (non-hydrogen) atoms. The number of anilines is 1. The Hall–Kier alpha value is -3.05. The summed E-state index contributed by atoms with van der Waals surface area (Å²) in [6.45, 7) is 2.68. The summed E-state index contributed by atoms with van der Waals surface area (Å²) < 4.78 is 11.1. The molecule has 1 aromatic heterocycles. The van der Waals surface area contributed by atoms with Crippen molar-refractivity contribution < 1.29 is 14.3 Å². The maximum atomic E-state index is 12.7. The summed E-state index contributed by atoms with van der Waals surface area (Å²) in [6, 6.07) is 12.5. The van der Waals surface area contributed by atoms with E-state index in [0.717, 1.165) is 23.3 Å². The van der Waals surface area contributed by atoms with E-state index in [-0.39, 0.29) is 5.57 Å². The van der Waals surface area contributed by atoms with Crippen LogP contribution in [0.2, 0.25) is 10.0 Å². The van der Waals surface area contributed by atoms with Crippen LogP contribution in [0.5, 0.6) is 11.5 Å². The molecule has 176 valence electrons. The normalized spacial score (nSPS) is 11.1. The number of hydrogen-bond acceptors (Lipinski definition) is 6. The van der Waals surface area contributed by atoms with Gasteiger partial charge in [0.2, 0.25) is 0 Å². The number of amides is 1. The number of thiazole rings is 1. The minimum absolute atomic E-state index is 0.0555. The van der Waals surface area contributed by atoms with E-state index >= 15 is 0 Å². The van der Waals surface area contributed by atoms with Gasteiger partial charge in [0.1, 0.15) is 11.6 Å². The molecular weight excluding hydrogens is 493 g/mol. The highest BCUT2D eigenvalue weighted by Crippen LogP contribution is 2.30. The molecule has 0 fully saturated rings. The number of methoxy groups -OCH3 is 1. The molecule has 1 amide bonds. The van der Waals surface area contributed by atoms with E-state index in [1.807, 2.05) is 18.2 Å². The van der Waals surface area contributed by atoms with Crippen molar-refractivity contribution in [3.63, 3.8) is 0 Å². The number of aromatic nitrogens is 1. The van der Waals surface area contributed by atoms with Crippen LogP contribution in [0.1, 0.15) is 35.8 Å². The molecule has 0 saturated heterocycles. The first kappa shape index (κ1) is 25.6. The second-order valence-corrected chi connectivity index (χ2v) is 9.31. The van der Waals surface area contributed by atoms with Crippen molar-refractivity contribution in [1.82, 2.24) is 4.98 Å². The average Bonchev–Trinajstić information content (AvgIpc) is 3.23. The molecule has 0 spiro atoms. The van der Waals surface area contributed by atoms with Gasteiger partial charge in [-0.25, -0.2) is 4.98 Å². The van der Waals surface area contributed by atoms with Crippen LogP contribution < -0.4 is 14.8 Å². The number of nitrogens with zero attached hydrogens (tertiary/aromatic N) is 2. The lowest BCUT2D eigenvalue weighted by molar-refractivity contribution is -0.112. The summed E-state index contributed by atoms with van der Waals surface area (Å²) in [7, 11) is 1.55. The van der Waals surface area contributed by atoms with Crippen LogP contribution in [0, 0.1) is 11.3 Å². The Morgan fingerprint density at radius 1 is 1.21 bits per heavy atom. The molecule has 0 radical (unpaired) electrons. The van der Waals surface area contributed by atoms with Gasteiger partial charge in [-0.05, 0) is 54.0 Å². The Bertz CT molecular complexity index is 1210. The van der Waals surface area contributed by atoms with E-state index < -0.39 is 5.91 Å². The maximum absolute atomic E-state index is 12.7. The molecule has 0 aliphatic heterocycles. The van der Waals surface area contributed by atoms with E-state index in [0.29, 0.717) is 45.3 Å². The fraction of sp³-hybridized carbons (Fsp3) is 0.240. The minimum atomic E-state index is -0.545. The van der Waals surface area contributed by atoms with E-state index in [1.165, 1.54) is 17.4 Å². The molecule has 0 atom stereocenters. The highest BCUT2D eigenvalue weighted by molar-refractivity contribution is 7.15. The zero-order chi connectivity index (χ0) is 24.5. The van der Waals surface area contributed by atoms with Gasteiger partial charge < -0.3 is 9.47 Å². The van der Waals surface area contributed by atoms with Gasteiger partial charge in [-0.1, -0.05) is 42.6 Å². The summed E-state index contributed by atoms with van der Waals surface area (Å²) in [5, 5.41) is 13.7. The smallest absolute Gasteiger partial charge is 0.268 e. The largest absolute Gasteiger partial charge is 0.493 e. The molecule has 0 bridgehead atoms. The van der Waals surface area contributed by atoms with E-state index in [4.69, 9.17) is 32.7 Å². The van der Waals surface area contributed by atoms with Gasteiger partial charge in [0.15, 0.2) is 16.6 Å². The van der Waals surface area contributed by atoms with Crippen LogP contribution in [0.4, 0.5) is 5.13 Å². The van der Waals surface area contributed by atoms with Crippen LogP contribution in [-0.2, 0) is 11.2 Å². The Balaban J connectivity index is 1.69. The zero-order valence-corrected chi connectivity index (χ0v) is 21.1. The number of carbonyl (C=O) groups excluding carboxylic acids is 1. The second kappa shape index (κ2) is 12.4. The Morgan fingerprint density at radius 2 is 1.97 bits per heavy atom. The Morgan fingerprint density at radius 3 is 2.65 bits per heavy atom. The Labute approximate surface area is 212 Å². The van der Waals surface area contributed by atoms with Crippen LogP contribution in [0.3, 0.4) is 0 Å². The summed E-state index contributed by atoms with van der Waals surface area (Å²) in [6.07, 6.45) is 5.71.